The lowest BCUT2D eigenvalue weighted by molar-refractivity contribution is 0.281. The second-order valence-electron chi connectivity index (χ2n) is 5.46. The van der Waals surface area contributed by atoms with E-state index in [1.165, 1.54) is 0 Å². The zero-order chi connectivity index (χ0) is 18.5. The smallest absolute Gasteiger partial charge is 0.242 e. The van der Waals surface area contributed by atoms with Crippen LogP contribution in [0.15, 0.2) is 40.9 Å². The van der Waals surface area contributed by atoms with E-state index < -0.39 is 0 Å². The summed E-state index contributed by atoms with van der Waals surface area (Å²) in [6, 6.07) is 11.3. The molecular formula is C17H17BrClN5O2. The summed E-state index contributed by atoms with van der Waals surface area (Å²) in [6.45, 7) is 0.822. The first kappa shape index (κ1) is 18.5. The van der Waals surface area contributed by atoms with Gasteiger partial charge in [-0.15, -0.1) is 0 Å². The molecule has 1 N–H and O–H groups in total. The van der Waals surface area contributed by atoms with Crippen molar-refractivity contribution in [3.8, 4) is 11.5 Å². The molecule has 0 aliphatic heterocycles. The SMILES string of the molecule is COc1ccc(Br)c(CNc2nnnn2C)c1OCc1cccc(Cl)c1. The number of methoxy groups -OCH3 is 1. The predicted molar refractivity (Wildman–Crippen MR) is 103 cm³/mol. The van der Waals surface area contributed by atoms with E-state index in [1.807, 2.05) is 36.4 Å². The van der Waals surface area contributed by atoms with Crippen LogP contribution in [0.1, 0.15) is 11.1 Å². The van der Waals surface area contributed by atoms with Gasteiger partial charge in [0.15, 0.2) is 11.5 Å². The summed E-state index contributed by atoms with van der Waals surface area (Å²) in [4.78, 5) is 0. The Morgan fingerprint density at radius 3 is 2.81 bits per heavy atom. The van der Waals surface area contributed by atoms with Gasteiger partial charge in [-0.05, 0) is 40.3 Å². The van der Waals surface area contributed by atoms with Crippen molar-refractivity contribution < 1.29 is 9.47 Å². The van der Waals surface area contributed by atoms with Gasteiger partial charge >= 0.3 is 0 Å². The highest BCUT2D eigenvalue weighted by Gasteiger charge is 2.16. The minimum absolute atomic E-state index is 0.367. The third-order valence-electron chi connectivity index (χ3n) is 3.70. The van der Waals surface area contributed by atoms with Crippen LogP contribution in [0.5, 0.6) is 11.5 Å². The van der Waals surface area contributed by atoms with Crippen LogP contribution in [0.3, 0.4) is 0 Å². The molecule has 0 amide bonds. The van der Waals surface area contributed by atoms with Gasteiger partial charge in [-0.25, -0.2) is 4.68 Å². The molecule has 0 fully saturated rings. The maximum atomic E-state index is 6.07. The summed E-state index contributed by atoms with van der Waals surface area (Å²) in [5, 5.41) is 15.2. The van der Waals surface area contributed by atoms with Crippen LogP contribution in [0, 0.1) is 0 Å². The van der Waals surface area contributed by atoms with Crippen molar-refractivity contribution in [2.24, 2.45) is 7.05 Å². The van der Waals surface area contributed by atoms with Crippen molar-refractivity contribution in [3.63, 3.8) is 0 Å². The van der Waals surface area contributed by atoms with Crippen molar-refractivity contribution in [2.45, 2.75) is 13.2 Å². The normalized spacial score (nSPS) is 10.6. The van der Waals surface area contributed by atoms with Gasteiger partial charge in [0, 0.05) is 28.7 Å². The Balaban J connectivity index is 1.84. The summed E-state index contributed by atoms with van der Waals surface area (Å²) < 4.78 is 14.0. The van der Waals surface area contributed by atoms with Gasteiger partial charge in [-0.2, -0.15) is 0 Å². The topological polar surface area (TPSA) is 74.1 Å². The lowest BCUT2D eigenvalue weighted by atomic mass is 10.1. The third-order valence-corrected chi connectivity index (χ3v) is 4.68. The molecule has 9 heteroatoms. The van der Waals surface area contributed by atoms with Crippen molar-refractivity contribution in [3.05, 3.63) is 57.0 Å². The Labute approximate surface area is 164 Å². The number of nitrogens with one attached hydrogen (secondary N) is 1. The quantitative estimate of drug-likeness (QED) is 0.604. The average molecular weight is 439 g/mol. The number of rotatable bonds is 7. The van der Waals surface area contributed by atoms with E-state index in [2.05, 4.69) is 36.8 Å². The summed E-state index contributed by atoms with van der Waals surface area (Å²) in [7, 11) is 3.37. The van der Waals surface area contributed by atoms with Gasteiger partial charge in [0.05, 0.1) is 7.11 Å². The van der Waals surface area contributed by atoms with E-state index in [4.69, 9.17) is 21.1 Å². The molecule has 0 aliphatic rings. The first-order valence-corrected chi connectivity index (χ1v) is 8.94. The molecule has 0 aliphatic carbocycles. The number of hydrogen-bond acceptors (Lipinski definition) is 6. The molecule has 136 valence electrons. The van der Waals surface area contributed by atoms with Crippen molar-refractivity contribution >= 4 is 33.5 Å². The minimum Gasteiger partial charge on any atom is -0.493 e. The van der Waals surface area contributed by atoms with Gasteiger partial charge in [0.2, 0.25) is 5.95 Å². The van der Waals surface area contributed by atoms with Crippen LogP contribution in [-0.2, 0) is 20.2 Å². The number of aryl methyl sites for hydroxylation is 1. The fourth-order valence-electron chi connectivity index (χ4n) is 2.39. The van der Waals surface area contributed by atoms with Crippen LogP contribution in [0.4, 0.5) is 5.95 Å². The van der Waals surface area contributed by atoms with Crippen LogP contribution in [0.25, 0.3) is 0 Å². The molecule has 3 aromatic rings. The Morgan fingerprint density at radius 1 is 1.27 bits per heavy atom. The van der Waals surface area contributed by atoms with E-state index in [0.717, 1.165) is 15.6 Å². The van der Waals surface area contributed by atoms with Gasteiger partial charge < -0.3 is 14.8 Å². The zero-order valence-corrected chi connectivity index (χ0v) is 16.6. The second kappa shape index (κ2) is 8.37. The number of hydrogen-bond donors (Lipinski definition) is 1. The fraction of sp³-hybridized carbons (Fsp3) is 0.235. The van der Waals surface area contributed by atoms with E-state index in [-0.39, 0.29) is 0 Å². The number of ether oxygens (including phenoxy) is 2. The first-order valence-electron chi connectivity index (χ1n) is 7.77. The van der Waals surface area contributed by atoms with Crippen LogP contribution >= 0.6 is 27.5 Å². The van der Waals surface area contributed by atoms with Gasteiger partial charge in [0.25, 0.3) is 0 Å². The molecule has 0 unspecified atom stereocenters. The van der Waals surface area contributed by atoms with E-state index in [0.29, 0.717) is 35.6 Å². The first-order chi connectivity index (χ1) is 12.6. The monoisotopic (exact) mass is 437 g/mol. The molecule has 0 radical (unpaired) electrons. The standard InChI is InChI=1S/C17H17BrClN5O2/c1-24-17(21-22-23-24)20-9-13-14(18)6-7-15(25-2)16(13)26-10-11-4-3-5-12(19)8-11/h3-8H,9-10H2,1-2H3,(H,20,21,23). The molecular weight excluding hydrogens is 422 g/mol. The fourth-order valence-corrected chi connectivity index (χ4v) is 3.06. The summed E-state index contributed by atoms with van der Waals surface area (Å²) >= 11 is 9.62. The lowest BCUT2D eigenvalue weighted by Crippen LogP contribution is -2.09. The molecule has 3 rings (SSSR count). The predicted octanol–water partition coefficient (Wildman–Crippen LogP) is 3.83. The number of benzene rings is 2. The zero-order valence-electron chi connectivity index (χ0n) is 14.2. The highest BCUT2D eigenvalue weighted by atomic mass is 79.9. The number of anilines is 1. The van der Waals surface area contributed by atoms with Gasteiger partial charge in [-0.3, -0.25) is 0 Å². The minimum atomic E-state index is 0.367. The highest BCUT2D eigenvalue weighted by molar-refractivity contribution is 9.10. The maximum Gasteiger partial charge on any atom is 0.242 e. The molecule has 1 heterocycles. The molecule has 7 nitrogen and oxygen atoms in total. The van der Waals surface area contributed by atoms with Crippen molar-refractivity contribution in [2.75, 3.05) is 12.4 Å². The van der Waals surface area contributed by atoms with Gasteiger partial charge in [-0.1, -0.05) is 44.8 Å². The van der Waals surface area contributed by atoms with Crippen LogP contribution < -0.4 is 14.8 Å². The number of nitrogens with zero attached hydrogens (tertiary/aromatic N) is 4. The maximum absolute atomic E-state index is 6.07. The van der Waals surface area contributed by atoms with Crippen LogP contribution in [-0.4, -0.2) is 27.3 Å². The molecule has 2 aromatic carbocycles. The second-order valence-corrected chi connectivity index (χ2v) is 6.75. The molecule has 0 atom stereocenters. The Bertz CT molecular complexity index is 903. The largest absolute Gasteiger partial charge is 0.493 e. The average Bonchev–Trinajstić information content (AvgIpc) is 3.04. The highest BCUT2D eigenvalue weighted by Crippen LogP contribution is 2.37. The van der Waals surface area contributed by atoms with E-state index >= 15 is 0 Å². The lowest BCUT2D eigenvalue weighted by Gasteiger charge is -2.17. The van der Waals surface area contributed by atoms with Gasteiger partial charge in [0.1, 0.15) is 6.61 Å². The third kappa shape index (κ3) is 4.25. The molecule has 0 saturated heterocycles. The van der Waals surface area contributed by atoms with Crippen molar-refractivity contribution in [1.29, 1.82) is 0 Å². The number of halogens is 2. The Kier molecular flexibility index (Phi) is 5.95. The van der Waals surface area contributed by atoms with E-state index in [9.17, 15) is 0 Å². The molecule has 0 saturated carbocycles. The summed E-state index contributed by atoms with van der Waals surface area (Å²) in [5.41, 5.74) is 1.87. The summed E-state index contributed by atoms with van der Waals surface area (Å²) in [5.74, 6) is 1.84. The molecule has 1 aromatic heterocycles. The number of tetrazole rings is 1. The van der Waals surface area contributed by atoms with Crippen molar-refractivity contribution in [1.82, 2.24) is 20.2 Å². The molecule has 0 bridgehead atoms. The number of aromatic nitrogens is 4. The van der Waals surface area contributed by atoms with Crippen LogP contribution in [0.2, 0.25) is 5.02 Å². The van der Waals surface area contributed by atoms with E-state index in [1.54, 1.807) is 18.8 Å². The summed E-state index contributed by atoms with van der Waals surface area (Å²) in [6.07, 6.45) is 0. The molecule has 0 spiro atoms. The Morgan fingerprint density at radius 2 is 2.12 bits per heavy atom. The Hall–Kier alpha value is -2.32. The molecule has 26 heavy (non-hydrogen) atoms.